The van der Waals surface area contributed by atoms with Crippen molar-refractivity contribution in [3.8, 4) is 5.69 Å². The molecule has 1 atom stereocenters. The summed E-state index contributed by atoms with van der Waals surface area (Å²) in [6.07, 6.45) is 0. The first kappa shape index (κ1) is 11.9. The van der Waals surface area contributed by atoms with Crippen LogP contribution in [0.1, 0.15) is 35.5 Å². The van der Waals surface area contributed by atoms with Crippen LogP contribution in [0.4, 0.5) is 0 Å². The molecule has 2 rings (SSSR count). The zero-order valence-corrected chi connectivity index (χ0v) is 10.9. The van der Waals surface area contributed by atoms with E-state index in [-0.39, 0.29) is 6.04 Å². The maximum atomic E-state index is 6.01. The number of benzene rings is 1. The van der Waals surface area contributed by atoms with Crippen molar-refractivity contribution in [3.63, 3.8) is 0 Å². The minimum absolute atomic E-state index is 0.00964. The van der Waals surface area contributed by atoms with E-state index in [1.165, 1.54) is 11.3 Å². The van der Waals surface area contributed by atoms with E-state index in [2.05, 4.69) is 31.1 Å². The van der Waals surface area contributed by atoms with Gasteiger partial charge in [-0.25, -0.2) is 4.68 Å². The highest BCUT2D eigenvalue weighted by atomic mass is 15.3. The fourth-order valence-electron chi connectivity index (χ4n) is 2.02. The quantitative estimate of drug-likeness (QED) is 0.860. The van der Waals surface area contributed by atoms with Crippen molar-refractivity contribution in [2.75, 3.05) is 0 Å². The largest absolute Gasteiger partial charge is 0.324 e. The first-order valence-electron chi connectivity index (χ1n) is 5.90. The first-order chi connectivity index (χ1) is 8.02. The van der Waals surface area contributed by atoms with E-state index >= 15 is 0 Å². The molecule has 0 aliphatic rings. The van der Waals surface area contributed by atoms with Gasteiger partial charge in [0.15, 0.2) is 0 Å². The van der Waals surface area contributed by atoms with Gasteiger partial charge in [-0.3, -0.25) is 0 Å². The Kier molecular flexibility index (Phi) is 3.03. The molecule has 0 radical (unpaired) electrons. The Morgan fingerprint density at radius 1 is 1.18 bits per heavy atom. The van der Waals surface area contributed by atoms with Crippen molar-refractivity contribution < 1.29 is 0 Å². The van der Waals surface area contributed by atoms with Gasteiger partial charge in [-0.1, -0.05) is 18.2 Å². The lowest BCUT2D eigenvalue weighted by molar-refractivity contribution is 0.766. The molecule has 3 heteroatoms. The molecule has 0 saturated heterocycles. The van der Waals surface area contributed by atoms with Crippen molar-refractivity contribution in [1.29, 1.82) is 0 Å². The molecule has 1 aromatic carbocycles. The Morgan fingerprint density at radius 2 is 1.82 bits per heavy atom. The lowest BCUT2D eigenvalue weighted by atomic mass is 10.1. The molecule has 2 N–H and O–H groups in total. The average molecular weight is 229 g/mol. The Bertz CT molecular complexity index is 538. The van der Waals surface area contributed by atoms with Crippen LogP contribution in [0, 0.1) is 20.8 Å². The number of nitrogens with zero attached hydrogens (tertiary/aromatic N) is 2. The normalized spacial score (nSPS) is 12.8. The Balaban J connectivity index is 2.64. The molecule has 0 bridgehead atoms. The average Bonchev–Trinajstić information content (AvgIpc) is 2.57. The number of nitrogens with two attached hydrogens (primary N) is 1. The number of hydrogen-bond donors (Lipinski definition) is 1. The van der Waals surface area contributed by atoms with Gasteiger partial charge in [0.1, 0.15) is 0 Å². The second-order valence-corrected chi connectivity index (χ2v) is 4.56. The number of aryl methyl sites for hydroxylation is 1. The van der Waals surface area contributed by atoms with Gasteiger partial charge < -0.3 is 5.73 Å². The van der Waals surface area contributed by atoms with E-state index in [1.54, 1.807) is 0 Å². The monoisotopic (exact) mass is 229 g/mol. The molecule has 0 unspecified atom stereocenters. The van der Waals surface area contributed by atoms with Gasteiger partial charge in [0.25, 0.3) is 0 Å². The van der Waals surface area contributed by atoms with Crippen LogP contribution in [-0.2, 0) is 0 Å². The van der Waals surface area contributed by atoms with Crippen LogP contribution in [0.3, 0.4) is 0 Å². The zero-order chi connectivity index (χ0) is 12.6. The van der Waals surface area contributed by atoms with Crippen LogP contribution < -0.4 is 5.73 Å². The summed E-state index contributed by atoms with van der Waals surface area (Å²) in [5.41, 5.74) is 11.7. The summed E-state index contributed by atoms with van der Waals surface area (Å²) >= 11 is 0. The van der Waals surface area contributed by atoms with Gasteiger partial charge in [0.2, 0.25) is 0 Å². The highest BCUT2D eigenvalue weighted by Gasteiger charge is 2.13. The lowest BCUT2D eigenvalue weighted by Gasteiger charge is -2.13. The van der Waals surface area contributed by atoms with Crippen LogP contribution in [-0.4, -0.2) is 9.78 Å². The fraction of sp³-hybridized carbons (Fsp3) is 0.357. The summed E-state index contributed by atoms with van der Waals surface area (Å²) in [6.45, 7) is 8.22. The third-order valence-corrected chi connectivity index (χ3v) is 3.31. The zero-order valence-electron chi connectivity index (χ0n) is 10.9. The van der Waals surface area contributed by atoms with Gasteiger partial charge in [0.05, 0.1) is 11.4 Å². The summed E-state index contributed by atoms with van der Waals surface area (Å²) in [7, 11) is 0. The van der Waals surface area contributed by atoms with Crippen LogP contribution in [0.15, 0.2) is 24.3 Å². The molecular weight excluding hydrogens is 210 g/mol. The summed E-state index contributed by atoms with van der Waals surface area (Å²) in [5.74, 6) is 0. The molecule has 2 aromatic rings. The molecule has 0 spiro atoms. The van der Waals surface area contributed by atoms with Crippen LogP contribution in [0.5, 0.6) is 0 Å². The Morgan fingerprint density at radius 3 is 2.35 bits per heavy atom. The number of aromatic nitrogens is 2. The lowest BCUT2D eigenvalue weighted by Crippen LogP contribution is -2.11. The predicted molar refractivity (Wildman–Crippen MR) is 70.4 cm³/mol. The topological polar surface area (TPSA) is 43.8 Å². The van der Waals surface area contributed by atoms with Gasteiger partial charge >= 0.3 is 0 Å². The molecule has 0 saturated carbocycles. The predicted octanol–water partition coefficient (Wildman–Crippen LogP) is 2.82. The van der Waals surface area contributed by atoms with E-state index in [9.17, 15) is 0 Å². The molecule has 1 heterocycles. The van der Waals surface area contributed by atoms with Crippen LogP contribution in [0.25, 0.3) is 5.69 Å². The van der Waals surface area contributed by atoms with E-state index in [1.807, 2.05) is 30.7 Å². The third kappa shape index (κ3) is 1.98. The van der Waals surface area contributed by atoms with Crippen molar-refractivity contribution in [3.05, 3.63) is 46.8 Å². The maximum Gasteiger partial charge on any atom is 0.0696 e. The number of rotatable bonds is 2. The van der Waals surface area contributed by atoms with Gasteiger partial charge in [0, 0.05) is 11.7 Å². The molecule has 0 fully saturated rings. The van der Waals surface area contributed by atoms with Crippen molar-refractivity contribution in [1.82, 2.24) is 9.78 Å². The second-order valence-electron chi connectivity index (χ2n) is 4.56. The van der Waals surface area contributed by atoms with Crippen molar-refractivity contribution >= 4 is 0 Å². The molecular formula is C14H19N3. The SMILES string of the molecule is Cc1nn(-c2ccccc2[C@H](C)N)c(C)c1C. The van der Waals surface area contributed by atoms with Gasteiger partial charge in [-0.2, -0.15) is 5.10 Å². The molecule has 0 aliphatic heterocycles. The standard InChI is InChI=1S/C14H19N3/c1-9-11(3)16-17(12(9)4)14-8-6-5-7-13(14)10(2)15/h5-8,10H,15H2,1-4H3/t10-/m0/s1. The highest BCUT2D eigenvalue weighted by molar-refractivity contribution is 5.44. The molecule has 0 aliphatic carbocycles. The summed E-state index contributed by atoms with van der Waals surface area (Å²) in [5, 5.41) is 4.58. The summed E-state index contributed by atoms with van der Waals surface area (Å²) < 4.78 is 1.99. The smallest absolute Gasteiger partial charge is 0.0696 e. The van der Waals surface area contributed by atoms with E-state index in [0.29, 0.717) is 0 Å². The number of hydrogen-bond acceptors (Lipinski definition) is 2. The van der Waals surface area contributed by atoms with Crippen LogP contribution in [0.2, 0.25) is 0 Å². The van der Waals surface area contributed by atoms with E-state index in [0.717, 1.165) is 16.9 Å². The summed E-state index contributed by atoms with van der Waals surface area (Å²) in [4.78, 5) is 0. The van der Waals surface area contributed by atoms with Gasteiger partial charge in [-0.15, -0.1) is 0 Å². The first-order valence-corrected chi connectivity index (χ1v) is 5.90. The molecule has 1 aromatic heterocycles. The van der Waals surface area contributed by atoms with Crippen molar-refractivity contribution in [2.45, 2.75) is 33.7 Å². The Labute approximate surface area is 102 Å². The molecule has 0 amide bonds. The third-order valence-electron chi connectivity index (χ3n) is 3.31. The van der Waals surface area contributed by atoms with Crippen molar-refractivity contribution in [2.24, 2.45) is 5.73 Å². The van der Waals surface area contributed by atoms with Crippen LogP contribution >= 0.6 is 0 Å². The van der Waals surface area contributed by atoms with E-state index < -0.39 is 0 Å². The van der Waals surface area contributed by atoms with Gasteiger partial charge in [-0.05, 0) is 44.9 Å². The highest BCUT2D eigenvalue weighted by Crippen LogP contribution is 2.23. The minimum Gasteiger partial charge on any atom is -0.324 e. The molecule has 3 nitrogen and oxygen atoms in total. The minimum atomic E-state index is 0.00964. The maximum absolute atomic E-state index is 6.01. The second kappa shape index (κ2) is 4.34. The molecule has 90 valence electrons. The number of para-hydroxylation sites is 1. The fourth-order valence-corrected chi connectivity index (χ4v) is 2.02. The Hall–Kier alpha value is -1.61. The van der Waals surface area contributed by atoms with E-state index in [4.69, 9.17) is 5.73 Å². The molecule has 17 heavy (non-hydrogen) atoms. The summed E-state index contributed by atoms with van der Waals surface area (Å²) in [6, 6.07) is 8.17.